The lowest BCUT2D eigenvalue weighted by Crippen LogP contribution is -2.52. The number of alkyl carbamates (subject to hydrolysis) is 1. The van der Waals surface area contributed by atoms with Crippen molar-refractivity contribution in [3.8, 4) is 6.07 Å². The van der Waals surface area contributed by atoms with Crippen molar-refractivity contribution < 1.29 is 14.3 Å². The van der Waals surface area contributed by atoms with Crippen LogP contribution < -0.4 is 15.5 Å². The van der Waals surface area contributed by atoms with E-state index < -0.39 is 17.7 Å². The highest BCUT2D eigenvalue weighted by Crippen LogP contribution is 2.23. The third-order valence-corrected chi connectivity index (χ3v) is 5.69. The molecule has 0 aliphatic carbocycles. The fourth-order valence-electron chi connectivity index (χ4n) is 3.44. The quantitative estimate of drug-likeness (QED) is 0.714. The molecule has 1 saturated heterocycles. The molecule has 2 aromatic rings. The molecule has 2 amide bonds. The molecule has 0 aromatic carbocycles. The van der Waals surface area contributed by atoms with E-state index in [4.69, 9.17) is 4.74 Å². The molecule has 9 heteroatoms. The molecule has 0 bridgehead atoms. The molecule has 3 rings (SSSR count). The van der Waals surface area contributed by atoms with E-state index >= 15 is 0 Å². The van der Waals surface area contributed by atoms with Crippen LogP contribution in [0.15, 0.2) is 36.0 Å². The Balaban J connectivity index is 1.64. The first-order chi connectivity index (χ1) is 14.7. The van der Waals surface area contributed by atoms with Crippen LogP contribution >= 0.6 is 11.3 Å². The van der Waals surface area contributed by atoms with Gasteiger partial charge in [0.05, 0.1) is 11.3 Å². The van der Waals surface area contributed by atoms with Crippen LogP contribution in [0.4, 0.5) is 10.5 Å². The summed E-state index contributed by atoms with van der Waals surface area (Å²) in [5.41, 5.74) is 0.677. The molecule has 1 aliphatic heterocycles. The minimum Gasteiger partial charge on any atom is -0.444 e. The molecule has 0 spiro atoms. The van der Waals surface area contributed by atoms with Crippen LogP contribution in [0.25, 0.3) is 0 Å². The van der Waals surface area contributed by atoms with Gasteiger partial charge in [0.25, 0.3) is 0 Å². The first-order valence-corrected chi connectivity index (χ1v) is 11.0. The molecular weight excluding hydrogens is 414 g/mol. The average Bonchev–Trinajstić information content (AvgIpc) is 3.38. The summed E-state index contributed by atoms with van der Waals surface area (Å²) in [7, 11) is 0. The van der Waals surface area contributed by atoms with Crippen LogP contribution in [0.3, 0.4) is 0 Å². The van der Waals surface area contributed by atoms with Crippen molar-refractivity contribution in [3.05, 3.63) is 46.4 Å². The van der Waals surface area contributed by atoms with E-state index in [1.165, 1.54) is 11.3 Å². The predicted molar refractivity (Wildman–Crippen MR) is 119 cm³/mol. The largest absolute Gasteiger partial charge is 0.444 e. The number of ether oxygens (including phenoxy) is 1. The van der Waals surface area contributed by atoms with Crippen molar-refractivity contribution in [2.24, 2.45) is 0 Å². The first kappa shape index (κ1) is 22.6. The summed E-state index contributed by atoms with van der Waals surface area (Å²) < 4.78 is 5.34. The Hall–Kier alpha value is -3.12. The zero-order valence-electron chi connectivity index (χ0n) is 17.9. The molecule has 8 nitrogen and oxygen atoms in total. The van der Waals surface area contributed by atoms with Crippen molar-refractivity contribution in [1.29, 1.82) is 5.26 Å². The molecule has 2 N–H and O–H groups in total. The van der Waals surface area contributed by atoms with Gasteiger partial charge < -0.3 is 20.3 Å². The zero-order valence-corrected chi connectivity index (χ0v) is 18.7. The van der Waals surface area contributed by atoms with Gasteiger partial charge in [-0.2, -0.15) is 5.26 Å². The fraction of sp³-hybridized carbons (Fsp3) is 0.455. The number of anilines is 1. The number of nitriles is 1. The highest BCUT2D eigenvalue weighted by atomic mass is 32.1. The Bertz CT molecular complexity index is 949. The van der Waals surface area contributed by atoms with Gasteiger partial charge in [-0.25, -0.2) is 4.79 Å². The molecule has 0 radical (unpaired) electrons. The number of hydrogen-bond acceptors (Lipinski definition) is 7. The van der Waals surface area contributed by atoms with Crippen molar-refractivity contribution in [1.82, 2.24) is 15.6 Å². The van der Waals surface area contributed by atoms with Gasteiger partial charge >= 0.3 is 6.09 Å². The Labute approximate surface area is 186 Å². The molecule has 164 valence electrons. The van der Waals surface area contributed by atoms with E-state index in [1.54, 1.807) is 33.2 Å². The minimum atomic E-state index is -0.738. The van der Waals surface area contributed by atoms with Crippen LogP contribution in [-0.2, 0) is 16.0 Å². The molecule has 2 atom stereocenters. The van der Waals surface area contributed by atoms with Gasteiger partial charge in [0.1, 0.15) is 17.7 Å². The molecule has 1 fully saturated rings. The van der Waals surface area contributed by atoms with E-state index in [-0.39, 0.29) is 11.9 Å². The zero-order chi connectivity index (χ0) is 22.4. The average molecular weight is 442 g/mol. The minimum absolute atomic E-state index is 0.0847. The molecular formula is C22H27N5O3S. The lowest BCUT2D eigenvalue weighted by atomic mass is 10.1. The van der Waals surface area contributed by atoms with Gasteiger partial charge in [0, 0.05) is 42.8 Å². The summed E-state index contributed by atoms with van der Waals surface area (Å²) >= 11 is 1.54. The number of amides is 2. The molecule has 1 aliphatic rings. The fourth-order valence-corrected chi connectivity index (χ4v) is 4.19. The van der Waals surface area contributed by atoms with Crippen molar-refractivity contribution in [2.75, 3.05) is 18.0 Å². The van der Waals surface area contributed by atoms with E-state index in [2.05, 4.69) is 26.6 Å². The van der Waals surface area contributed by atoms with E-state index in [1.807, 2.05) is 23.6 Å². The van der Waals surface area contributed by atoms with Crippen LogP contribution in [0.5, 0.6) is 0 Å². The monoisotopic (exact) mass is 441 g/mol. The number of nitrogens with one attached hydrogen (secondary N) is 2. The second kappa shape index (κ2) is 9.79. The first-order valence-electron chi connectivity index (χ1n) is 10.2. The van der Waals surface area contributed by atoms with Crippen molar-refractivity contribution >= 4 is 29.0 Å². The molecule has 2 aromatic heterocycles. The third kappa shape index (κ3) is 6.43. The highest BCUT2D eigenvalue weighted by Gasteiger charge is 2.30. The molecule has 3 heterocycles. The van der Waals surface area contributed by atoms with Gasteiger partial charge in [-0.1, -0.05) is 6.07 Å². The van der Waals surface area contributed by atoms with Crippen LogP contribution in [0, 0.1) is 11.3 Å². The topological polar surface area (TPSA) is 107 Å². The van der Waals surface area contributed by atoms with Gasteiger partial charge in [0.15, 0.2) is 0 Å². The normalized spacial score (nSPS) is 17.0. The number of rotatable bonds is 6. The summed E-state index contributed by atoms with van der Waals surface area (Å²) in [4.78, 5) is 32.4. The number of nitrogens with zero attached hydrogens (tertiary/aromatic N) is 3. The highest BCUT2D eigenvalue weighted by molar-refractivity contribution is 7.09. The van der Waals surface area contributed by atoms with Crippen LogP contribution in [-0.4, -0.2) is 47.8 Å². The third-order valence-electron chi connectivity index (χ3n) is 4.79. The summed E-state index contributed by atoms with van der Waals surface area (Å²) in [5.74, 6) is -0.249. The van der Waals surface area contributed by atoms with Gasteiger partial charge in [0.2, 0.25) is 5.91 Å². The van der Waals surface area contributed by atoms with E-state index in [0.717, 1.165) is 23.5 Å². The molecule has 31 heavy (non-hydrogen) atoms. The second-order valence-electron chi connectivity index (χ2n) is 8.43. The standard InChI is InChI=1S/C22H27N5O3S/c1-22(2,3)30-21(29)26-18(11-17-5-4-10-31-17)20(28)25-16-7-9-27(14-16)19-6-8-24-13-15(19)12-23/h4-6,8,10,13,16,18H,7,9,11,14H2,1-3H3,(H,25,28)(H,26,29). The summed E-state index contributed by atoms with van der Waals surface area (Å²) in [6, 6.07) is 7.00. The number of carbonyl (C=O) groups excluding carboxylic acids is 2. The molecule has 0 saturated carbocycles. The number of aromatic nitrogens is 1. The smallest absolute Gasteiger partial charge is 0.408 e. The number of pyridine rings is 1. The molecule has 2 unspecified atom stereocenters. The Morgan fingerprint density at radius 1 is 1.42 bits per heavy atom. The van der Waals surface area contributed by atoms with Gasteiger partial charge in [-0.3, -0.25) is 9.78 Å². The van der Waals surface area contributed by atoms with Crippen molar-refractivity contribution in [2.45, 2.75) is 51.3 Å². The van der Waals surface area contributed by atoms with E-state index in [9.17, 15) is 14.9 Å². The lowest BCUT2D eigenvalue weighted by Gasteiger charge is -2.24. The Kier molecular flexibility index (Phi) is 7.13. The van der Waals surface area contributed by atoms with Crippen LogP contribution in [0.2, 0.25) is 0 Å². The maximum Gasteiger partial charge on any atom is 0.408 e. The van der Waals surface area contributed by atoms with Crippen molar-refractivity contribution in [3.63, 3.8) is 0 Å². The van der Waals surface area contributed by atoms with Crippen LogP contribution in [0.1, 0.15) is 37.6 Å². The lowest BCUT2D eigenvalue weighted by molar-refractivity contribution is -0.123. The Morgan fingerprint density at radius 2 is 2.23 bits per heavy atom. The summed E-state index contributed by atoms with van der Waals surface area (Å²) in [5, 5.41) is 17.0. The maximum absolute atomic E-state index is 13.0. The van der Waals surface area contributed by atoms with Gasteiger partial charge in [-0.05, 0) is 44.7 Å². The SMILES string of the molecule is CC(C)(C)OC(=O)NC(Cc1cccs1)C(=O)NC1CCN(c2ccncc2C#N)C1. The predicted octanol–water partition coefficient (Wildman–Crippen LogP) is 2.85. The van der Waals surface area contributed by atoms with Gasteiger partial charge in [-0.15, -0.1) is 11.3 Å². The Morgan fingerprint density at radius 3 is 2.90 bits per heavy atom. The van der Waals surface area contributed by atoms with E-state index in [0.29, 0.717) is 18.5 Å². The second-order valence-corrected chi connectivity index (χ2v) is 9.46. The number of carbonyl (C=O) groups is 2. The summed E-state index contributed by atoms with van der Waals surface area (Å²) in [6.45, 7) is 6.65. The number of thiophene rings is 1. The number of hydrogen-bond donors (Lipinski definition) is 2. The summed E-state index contributed by atoms with van der Waals surface area (Å²) in [6.07, 6.45) is 3.72. The maximum atomic E-state index is 13.0.